The van der Waals surface area contributed by atoms with E-state index in [1.807, 2.05) is 37.3 Å². The van der Waals surface area contributed by atoms with E-state index in [1.54, 1.807) is 24.2 Å². The smallest absolute Gasteiger partial charge is 0.409 e. The van der Waals surface area contributed by atoms with Gasteiger partial charge in [-0.3, -0.25) is 9.78 Å². The lowest BCUT2D eigenvalue weighted by Crippen LogP contribution is -2.49. The summed E-state index contributed by atoms with van der Waals surface area (Å²) < 4.78 is 5.05. The maximum Gasteiger partial charge on any atom is 0.409 e. The van der Waals surface area contributed by atoms with Gasteiger partial charge in [-0.05, 0) is 31.0 Å². The molecule has 2 aromatic rings. The van der Waals surface area contributed by atoms with Crippen molar-refractivity contribution in [2.45, 2.75) is 20.4 Å². The van der Waals surface area contributed by atoms with Gasteiger partial charge >= 0.3 is 6.09 Å². The molecule has 2 amide bonds. The first-order valence-electron chi connectivity index (χ1n) is 9.53. The Morgan fingerprint density at radius 2 is 1.89 bits per heavy atom. The lowest BCUT2D eigenvalue weighted by atomic mass is 10.1. The van der Waals surface area contributed by atoms with Crippen LogP contribution >= 0.6 is 0 Å². The molecule has 1 saturated heterocycles. The van der Waals surface area contributed by atoms with Crippen molar-refractivity contribution in [1.29, 1.82) is 0 Å². The highest BCUT2D eigenvalue weighted by molar-refractivity contribution is 5.94. The molecule has 28 heavy (non-hydrogen) atoms. The standard InChI is InChI=1S/C21H26N4O3/c1-3-28-21(27)25-10-8-24(9-11-25)19-12-18(13-22-15-19)20(26)23-14-17-7-5-4-6-16(17)2/h4-7,12-13,15H,3,8-11,14H2,1-2H3,(H,23,26). The number of aryl methyl sites for hydroxylation is 1. The Hall–Kier alpha value is -3.09. The van der Waals surface area contributed by atoms with Crippen molar-refractivity contribution in [3.8, 4) is 0 Å². The monoisotopic (exact) mass is 382 g/mol. The Balaban J connectivity index is 1.59. The van der Waals surface area contributed by atoms with Crippen LogP contribution < -0.4 is 10.2 Å². The zero-order chi connectivity index (χ0) is 19.9. The molecule has 7 nitrogen and oxygen atoms in total. The molecule has 148 valence electrons. The number of nitrogens with one attached hydrogen (secondary N) is 1. The molecule has 0 bridgehead atoms. The summed E-state index contributed by atoms with van der Waals surface area (Å²) in [6.07, 6.45) is 3.05. The third kappa shape index (κ3) is 4.79. The van der Waals surface area contributed by atoms with Crippen LogP contribution in [-0.4, -0.2) is 54.7 Å². The molecule has 7 heteroatoms. The molecule has 1 aromatic carbocycles. The number of carbonyl (C=O) groups is 2. The van der Waals surface area contributed by atoms with Crippen molar-refractivity contribution in [2.24, 2.45) is 0 Å². The number of pyridine rings is 1. The Kier molecular flexibility index (Phi) is 6.47. The molecular formula is C21H26N4O3. The van der Waals surface area contributed by atoms with E-state index in [9.17, 15) is 9.59 Å². The van der Waals surface area contributed by atoms with Crippen molar-refractivity contribution in [2.75, 3.05) is 37.7 Å². The van der Waals surface area contributed by atoms with Gasteiger partial charge in [0.15, 0.2) is 0 Å². The quantitative estimate of drug-likeness (QED) is 0.860. The van der Waals surface area contributed by atoms with Crippen LogP contribution in [0.3, 0.4) is 0 Å². The molecule has 0 unspecified atom stereocenters. The Morgan fingerprint density at radius 3 is 2.61 bits per heavy atom. The van der Waals surface area contributed by atoms with Crippen LogP contribution in [-0.2, 0) is 11.3 Å². The fourth-order valence-electron chi connectivity index (χ4n) is 3.17. The van der Waals surface area contributed by atoms with E-state index in [4.69, 9.17) is 4.74 Å². The fraction of sp³-hybridized carbons (Fsp3) is 0.381. The van der Waals surface area contributed by atoms with Gasteiger partial charge in [-0.2, -0.15) is 0 Å². The van der Waals surface area contributed by atoms with Crippen molar-refractivity contribution >= 4 is 17.7 Å². The van der Waals surface area contributed by atoms with Gasteiger partial charge in [0.2, 0.25) is 0 Å². The number of anilines is 1. The van der Waals surface area contributed by atoms with Crippen LogP contribution in [0.4, 0.5) is 10.5 Å². The summed E-state index contributed by atoms with van der Waals surface area (Å²) in [5.41, 5.74) is 3.65. The van der Waals surface area contributed by atoms with E-state index in [2.05, 4.69) is 15.2 Å². The largest absolute Gasteiger partial charge is 0.450 e. The highest BCUT2D eigenvalue weighted by Crippen LogP contribution is 2.17. The molecule has 1 aliphatic rings. The van der Waals surface area contributed by atoms with E-state index in [0.717, 1.165) is 16.8 Å². The number of carbonyl (C=O) groups excluding carboxylic acids is 2. The summed E-state index contributed by atoms with van der Waals surface area (Å²) in [4.78, 5) is 32.4. The average Bonchev–Trinajstić information content (AvgIpc) is 2.73. The number of ether oxygens (including phenoxy) is 1. The molecule has 0 aliphatic carbocycles. The molecule has 0 saturated carbocycles. The van der Waals surface area contributed by atoms with Gasteiger partial charge in [-0.15, -0.1) is 0 Å². The van der Waals surface area contributed by atoms with Gasteiger partial charge < -0.3 is 19.9 Å². The molecule has 1 fully saturated rings. The van der Waals surface area contributed by atoms with Gasteiger partial charge in [-0.1, -0.05) is 24.3 Å². The Labute approximate surface area is 165 Å². The van der Waals surface area contributed by atoms with E-state index in [-0.39, 0.29) is 12.0 Å². The maximum absolute atomic E-state index is 12.5. The molecule has 0 spiro atoms. The van der Waals surface area contributed by atoms with Gasteiger partial charge in [0, 0.05) is 38.9 Å². The van der Waals surface area contributed by atoms with Crippen LogP contribution in [0.1, 0.15) is 28.4 Å². The molecule has 1 aliphatic heterocycles. The number of piperazine rings is 1. The molecule has 3 rings (SSSR count). The zero-order valence-electron chi connectivity index (χ0n) is 16.4. The third-order valence-corrected chi connectivity index (χ3v) is 4.86. The lowest BCUT2D eigenvalue weighted by Gasteiger charge is -2.35. The molecular weight excluding hydrogens is 356 g/mol. The molecule has 1 aromatic heterocycles. The summed E-state index contributed by atoms with van der Waals surface area (Å²) in [6, 6.07) is 9.83. The van der Waals surface area contributed by atoms with E-state index in [0.29, 0.717) is 44.9 Å². The summed E-state index contributed by atoms with van der Waals surface area (Å²) in [6.45, 7) is 7.21. The summed E-state index contributed by atoms with van der Waals surface area (Å²) in [7, 11) is 0. The third-order valence-electron chi connectivity index (χ3n) is 4.86. The predicted octanol–water partition coefficient (Wildman–Crippen LogP) is 2.60. The second kappa shape index (κ2) is 9.21. The minimum Gasteiger partial charge on any atom is -0.450 e. The molecule has 1 N–H and O–H groups in total. The van der Waals surface area contributed by atoms with Crippen LogP contribution in [0.15, 0.2) is 42.7 Å². The first-order valence-corrected chi connectivity index (χ1v) is 9.53. The lowest BCUT2D eigenvalue weighted by molar-refractivity contribution is 0.0950. The molecule has 0 atom stereocenters. The number of amides is 2. The van der Waals surface area contributed by atoms with Gasteiger partial charge in [0.05, 0.1) is 24.1 Å². The van der Waals surface area contributed by atoms with Crippen molar-refractivity contribution in [3.05, 3.63) is 59.4 Å². The van der Waals surface area contributed by atoms with Gasteiger partial charge in [0.1, 0.15) is 0 Å². The van der Waals surface area contributed by atoms with Gasteiger partial charge in [-0.25, -0.2) is 4.79 Å². The Bertz CT molecular complexity index is 832. The van der Waals surface area contributed by atoms with E-state index >= 15 is 0 Å². The summed E-state index contributed by atoms with van der Waals surface area (Å²) in [5, 5.41) is 2.96. The highest BCUT2D eigenvalue weighted by atomic mass is 16.6. The van der Waals surface area contributed by atoms with E-state index < -0.39 is 0 Å². The Morgan fingerprint density at radius 1 is 1.14 bits per heavy atom. The number of hydrogen-bond donors (Lipinski definition) is 1. The predicted molar refractivity (Wildman–Crippen MR) is 107 cm³/mol. The average molecular weight is 382 g/mol. The van der Waals surface area contributed by atoms with Crippen molar-refractivity contribution < 1.29 is 14.3 Å². The van der Waals surface area contributed by atoms with Crippen LogP contribution in [0.5, 0.6) is 0 Å². The fourth-order valence-corrected chi connectivity index (χ4v) is 3.17. The van der Waals surface area contributed by atoms with Crippen LogP contribution in [0, 0.1) is 6.92 Å². The number of nitrogens with zero attached hydrogens (tertiary/aromatic N) is 3. The van der Waals surface area contributed by atoms with E-state index in [1.165, 1.54) is 0 Å². The highest BCUT2D eigenvalue weighted by Gasteiger charge is 2.22. The van der Waals surface area contributed by atoms with Crippen molar-refractivity contribution in [1.82, 2.24) is 15.2 Å². The number of aromatic nitrogens is 1. The minimum atomic E-state index is -0.274. The topological polar surface area (TPSA) is 74.8 Å². The number of rotatable bonds is 5. The number of benzene rings is 1. The molecule has 0 radical (unpaired) electrons. The SMILES string of the molecule is CCOC(=O)N1CCN(c2cncc(C(=O)NCc3ccccc3C)c2)CC1. The normalized spacial score (nSPS) is 13.9. The van der Waals surface area contributed by atoms with Crippen LogP contribution in [0.2, 0.25) is 0 Å². The summed E-state index contributed by atoms with van der Waals surface area (Å²) in [5.74, 6) is -0.150. The van der Waals surface area contributed by atoms with Crippen LogP contribution in [0.25, 0.3) is 0 Å². The number of hydrogen-bond acceptors (Lipinski definition) is 5. The first kappa shape index (κ1) is 19.7. The summed E-state index contributed by atoms with van der Waals surface area (Å²) >= 11 is 0. The second-order valence-corrected chi connectivity index (χ2v) is 6.71. The maximum atomic E-state index is 12.5. The van der Waals surface area contributed by atoms with Gasteiger partial charge in [0.25, 0.3) is 5.91 Å². The zero-order valence-corrected chi connectivity index (χ0v) is 16.4. The molecule has 2 heterocycles. The minimum absolute atomic E-state index is 0.150. The van der Waals surface area contributed by atoms with Crippen molar-refractivity contribution in [3.63, 3.8) is 0 Å². The second-order valence-electron chi connectivity index (χ2n) is 6.71. The first-order chi connectivity index (χ1) is 13.6.